The van der Waals surface area contributed by atoms with Gasteiger partial charge in [-0.25, -0.2) is 0 Å². The number of benzene rings is 3. The molecular weight excluding hydrogens is 537 g/mol. The Labute approximate surface area is 239 Å². The standard InChI is InChI=1S/C32H22N4O2S2/c33-15-23(13-25-19-39-29-10-3-1-8-27(25)29)31(37)35-17-21-6-5-7-22(12-21)18-36-32(38)24(16-34)14-26-20-40-30-11-4-2-9-28(26)30/h1-14,19-20H,17-18H2,(H,35,37)(H,36,38)/b23-13-,24-14-. The van der Waals surface area contributed by atoms with Crippen LogP contribution >= 0.6 is 22.7 Å². The van der Waals surface area contributed by atoms with E-state index >= 15 is 0 Å². The molecule has 5 rings (SSSR count). The molecule has 0 bridgehead atoms. The Morgan fingerprint density at radius 2 is 1.12 bits per heavy atom. The number of nitrogens with one attached hydrogen (secondary N) is 2. The van der Waals surface area contributed by atoms with Crippen LogP contribution in [0.1, 0.15) is 22.3 Å². The number of carbonyl (C=O) groups excluding carboxylic acids is 2. The van der Waals surface area contributed by atoms with Crippen LogP contribution in [0.5, 0.6) is 0 Å². The third-order valence-electron chi connectivity index (χ3n) is 6.25. The quantitative estimate of drug-likeness (QED) is 0.166. The van der Waals surface area contributed by atoms with Crippen molar-refractivity contribution in [2.45, 2.75) is 13.1 Å². The highest BCUT2D eigenvalue weighted by atomic mass is 32.1. The maximum atomic E-state index is 12.7. The van der Waals surface area contributed by atoms with Crippen molar-refractivity contribution < 1.29 is 9.59 Å². The third-order valence-corrected chi connectivity index (χ3v) is 8.21. The molecule has 3 aromatic carbocycles. The second kappa shape index (κ2) is 12.2. The lowest BCUT2D eigenvalue weighted by Crippen LogP contribution is -2.25. The van der Waals surface area contributed by atoms with Crippen molar-refractivity contribution in [1.82, 2.24) is 10.6 Å². The van der Waals surface area contributed by atoms with Gasteiger partial charge in [-0.15, -0.1) is 22.7 Å². The fraction of sp³-hybridized carbons (Fsp3) is 0.0625. The molecular formula is C32H22N4O2S2. The number of rotatable bonds is 8. The smallest absolute Gasteiger partial charge is 0.262 e. The number of amides is 2. The number of thiophene rings is 2. The SMILES string of the molecule is N#C/C(=C/c1csc2ccccc12)C(=O)NCc1cccc(CNC(=O)/C(C#N)=C\c2csc3ccccc23)c1. The molecule has 0 radical (unpaired) electrons. The van der Waals surface area contributed by atoms with E-state index in [1.807, 2.05) is 95.7 Å². The summed E-state index contributed by atoms with van der Waals surface area (Å²) in [6, 6.07) is 27.1. The molecule has 0 saturated carbocycles. The minimum absolute atomic E-state index is 0.0289. The Morgan fingerprint density at radius 3 is 1.57 bits per heavy atom. The fourth-order valence-corrected chi connectivity index (χ4v) is 6.07. The molecule has 2 N–H and O–H groups in total. The highest BCUT2D eigenvalue weighted by Gasteiger charge is 2.13. The molecule has 2 aromatic heterocycles. The van der Waals surface area contributed by atoms with Gasteiger partial charge in [0.25, 0.3) is 11.8 Å². The van der Waals surface area contributed by atoms with Gasteiger partial charge in [0.15, 0.2) is 0 Å². The van der Waals surface area contributed by atoms with Gasteiger partial charge >= 0.3 is 0 Å². The van der Waals surface area contributed by atoms with Crippen LogP contribution in [0, 0.1) is 22.7 Å². The number of hydrogen-bond donors (Lipinski definition) is 2. The van der Waals surface area contributed by atoms with Crippen LogP contribution in [0.2, 0.25) is 0 Å². The molecule has 0 aliphatic heterocycles. The van der Waals surface area contributed by atoms with Crippen LogP contribution < -0.4 is 10.6 Å². The van der Waals surface area contributed by atoms with Gasteiger partial charge in [-0.1, -0.05) is 60.7 Å². The van der Waals surface area contributed by atoms with Gasteiger partial charge in [-0.3, -0.25) is 9.59 Å². The summed E-state index contributed by atoms with van der Waals surface area (Å²) in [5.41, 5.74) is 3.37. The van der Waals surface area contributed by atoms with Crippen LogP contribution in [0.4, 0.5) is 0 Å². The number of hydrogen-bond acceptors (Lipinski definition) is 6. The topological polar surface area (TPSA) is 106 Å². The molecule has 0 saturated heterocycles. The number of carbonyl (C=O) groups is 2. The molecule has 194 valence electrons. The zero-order chi connectivity index (χ0) is 27.9. The highest BCUT2D eigenvalue weighted by molar-refractivity contribution is 7.17. The first kappa shape index (κ1) is 26.6. The fourth-order valence-electron chi connectivity index (χ4n) is 4.23. The normalized spacial score (nSPS) is 11.7. The second-order valence-corrected chi connectivity index (χ2v) is 10.7. The summed E-state index contributed by atoms with van der Waals surface area (Å²) < 4.78 is 2.18. The molecule has 8 heteroatoms. The van der Waals surface area contributed by atoms with Crippen LogP contribution in [0.25, 0.3) is 32.3 Å². The van der Waals surface area contributed by atoms with Crippen LogP contribution in [-0.2, 0) is 22.7 Å². The van der Waals surface area contributed by atoms with Crippen molar-refractivity contribution in [3.63, 3.8) is 0 Å². The summed E-state index contributed by atoms with van der Waals surface area (Å²) in [5, 5.41) is 30.6. The van der Waals surface area contributed by atoms with E-state index in [1.165, 1.54) is 0 Å². The predicted molar refractivity (Wildman–Crippen MR) is 161 cm³/mol. The van der Waals surface area contributed by atoms with E-state index in [0.29, 0.717) is 0 Å². The van der Waals surface area contributed by atoms with E-state index in [4.69, 9.17) is 0 Å². The third kappa shape index (κ3) is 6.00. The van der Waals surface area contributed by atoms with Crippen molar-refractivity contribution in [3.05, 3.63) is 117 Å². The van der Waals surface area contributed by atoms with Gasteiger partial charge in [0, 0.05) is 22.5 Å². The number of nitriles is 2. The first-order valence-corrected chi connectivity index (χ1v) is 14.1. The minimum atomic E-state index is -0.457. The van der Waals surface area contributed by atoms with Gasteiger partial charge in [0.1, 0.15) is 23.3 Å². The Kier molecular flexibility index (Phi) is 8.13. The molecule has 0 atom stereocenters. The summed E-state index contributed by atoms with van der Waals surface area (Å²) in [7, 11) is 0. The first-order chi connectivity index (χ1) is 19.6. The molecule has 2 amide bonds. The zero-order valence-corrected chi connectivity index (χ0v) is 22.8. The lowest BCUT2D eigenvalue weighted by Gasteiger charge is -2.08. The van der Waals surface area contributed by atoms with Gasteiger partial charge in [0.2, 0.25) is 0 Å². The summed E-state index contributed by atoms with van der Waals surface area (Å²) in [4.78, 5) is 25.5. The van der Waals surface area contributed by atoms with Gasteiger partial charge < -0.3 is 10.6 Å². The van der Waals surface area contributed by atoms with Gasteiger partial charge in [-0.2, -0.15) is 10.5 Å². The summed E-state index contributed by atoms with van der Waals surface area (Å²) in [6.07, 6.45) is 3.22. The Balaban J connectivity index is 1.21. The average molecular weight is 559 g/mol. The average Bonchev–Trinajstić information content (AvgIpc) is 3.60. The monoisotopic (exact) mass is 558 g/mol. The maximum Gasteiger partial charge on any atom is 0.262 e. The van der Waals surface area contributed by atoms with Crippen molar-refractivity contribution in [1.29, 1.82) is 10.5 Å². The summed E-state index contributed by atoms with van der Waals surface area (Å²) >= 11 is 3.13. The van der Waals surface area contributed by atoms with E-state index in [0.717, 1.165) is 42.4 Å². The molecule has 0 aliphatic rings. The molecule has 2 heterocycles. The first-order valence-electron chi connectivity index (χ1n) is 12.4. The maximum absolute atomic E-state index is 12.7. The van der Waals surface area contributed by atoms with Crippen molar-refractivity contribution >= 4 is 66.8 Å². The molecule has 0 unspecified atom stereocenters. The van der Waals surface area contributed by atoms with E-state index in [9.17, 15) is 20.1 Å². The largest absolute Gasteiger partial charge is 0.347 e. The van der Waals surface area contributed by atoms with Crippen molar-refractivity contribution in [2.24, 2.45) is 0 Å². The summed E-state index contributed by atoms with van der Waals surface area (Å²) in [6.45, 7) is 0.442. The highest BCUT2D eigenvalue weighted by Crippen LogP contribution is 2.28. The molecule has 6 nitrogen and oxygen atoms in total. The molecule has 5 aromatic rings. The lowest BCUT2D eigenvalue weighted by atomic mass is 10.1. The van der Waals surface area contributed by atoms with Crippen molar-refractivity contribution in [3.8, 4) is 12.1 Å². The Hall–Kier alpha value is -5.02. The van der Waals surface area contributed by atoms with E-state index in [1.54, 1.807) is 34.8 Å². The Bertz CT molecular complexity index is 1750. The van der Waals surface area contributed by atoms with Gasteiger partial charge in [-0.05, 0) is 68.1 Å². The molecule has 0 spiro atoms. The van der Waals surface area contributed by atoms with E-state index in [-0.39, 0.29) is 24.2 Å². The van der Waals surface area contributed by atoms with Gasteiger partial charge in [0.05, 0.1) is 0 Å². The molecule has 0 fully saturated rings. The van der Waals surface area contributed by atoms with E-state index < -0.39 is 11.8 Å². The Morgan fingerprint density at radius 1 is 0.675 bits per heavy atom. The molecule has 40 heavy (non-hydrogen) atoms. The molecule has 0 aliphatic carbocycles. The summed E-state index contributed by atoms with van der Waals surface area (Å²) in [5.74, 6) is -0.914. The number of fused-ring (bicyclic) bond motifs is 2. The van der Waals surface area contributed by atoms with Crippen molar-refractivity contribution in [2.75, 3.05) is 0 Å². The van der Waals surface area contributed by atoms with Crippen LogP contribution in [0.15, 0.2) is 94.7 Å². The van der Waals surface area contributed by atoms with Crippen LogP contribution in [0.3, 0.4) is 0 Å². The van der Waals surface area contributed by atoms with Crippen LogP contribution in [-0.4, -0.2) is 11.8 Å². The number of nitrogens with zero attached hydrogens (tertiary/aromatic N) is 2. The lowest BCUT2D eigenvalue weighted by molar-refractivity contribution is -0.118. The second-order valence-electron chi connectivity index (χ2n) is 8.90. The minimum Gasteiger partial charge on any atom is -0.347 e. The zero-order valence-electron chi connectivity index (χ0n) is 21.2. The predicted octanol–water partition coefficient (Wildman–Crippen LogP) is 6.56. The van der Waals surface area contributed by atoms with E-state index in [2.05, 4.69) is 10.6 Å².